The first kappa shape index (κ1) is 49.4. The highest BCUT2D eigenvalue weighted by Gasteiger charge is 2.35. The number of benzene rings is 2. The Morgan fingerprint density at radius 3 is 2.48 bits per heavy atom. The third-order valence-corrected chi connectivity index (χ3v) is 13.6. The maximum atomic E-state index is 14.9. The Labute approximate surface area is 406 Å². The van der Waals surface area contributed by atoms with Crippen LogP contribution in [0.1, 0.15) is 72.9 Å². The number of aromatic nitrogens is 5. The second-order valence-electron chi connectivity index (χ2n) is 16.9. The van der Waals surface area contributed by atoms with Crippen LogP contribution in [0.3, 0.4) is 0 Å². The van der Waals surface area contributed by atoms with E-state index < -0.39 is 41.5 Å². The molecule has 0 bridgehead atoms. The fourth-order valence-electron chi connectivity index (χ4n) is 8.79. The molecule has 3 aromatic heterocycles. The molecule has 0 aliphatic carbocycles. The lowest BCUT2D eigenvalue weighted by Gasteiger charge is -2.37. The van der Waals surface area contributed by atoms with E-state index in [4.69, 9.17) is 31.1 Å². The molecule has 2 unspecified atom stereocenters. The third-order valence-electron chi connectivity index (χ3n) is 12.5. The lowest BCUT2D eigenvalue weighted by atomic mass is 9.95. The fourth-order valence-corrected chi connectivity index (χ4v) is 9.64. The first-order chi connectivity index (χ1) is 33.5. The van der Waals surface area contributed by atoms with E-state index in [1.165, 1.54) is 48.8 Å². The molecule has 3 atom stereocenters. The summed E-state index contributed by atoms with van der Waals surface area (Å²) in [5.41, 5.74) is 3.57. The number of anilines is 1. The second-order valence-corrected chi connectivity index (χ2v) is 18.2. The van der Waals surface area contributed by atoms with Gasteiger partial charge >= 0.3 is 11.9 Å². The number of carboxylic acid groups (broad SMARTS) is 1. The van der Waals surface area contributed by atoms with Gasteiger partial charge in [-0.3, -0.25) is 14.7 Å². The number of aliphatic imine (C=N–C) groups is 1. The van der Waals surface area contributed by atoms with Crippen LogP contribution in [0.2, 0.25) is 5.02 Å². The van der Waals surface area contributed by atoms with E-state index in [2.05, 4.69) is 40.4 Å². The minimum absolute atomic E-state index is 0.133. The molecule has 3 aliphatic heterocycles. The zero-order chi connectivity index (χ0) is 48.4. The predicted octanol–water partition coefficient (Wildman–Crippen LogP) is 6.79. The van der Waals surface area contributed by atoms with Crippen LogP contribution in [0.15, 0.2) is 82.8 Å². The van der Waals surface area contributed by atoms with Gasteiger partial charge in [-0.05, 0) is 50.9 Å². The van der Waals surface area contributed by atoms with E-state index in [-0.39, 0.29) is 29.0 Å². The van der Waals surface area contributed by atoms with Crippen LogP contribution in [0.25, 0.3) is 11.6 Å². The van der Waals surface area contributed by atoms with Crippen LogP contribution in [0.4, 0.5) is 18.9 Å². The molecule has 8 rings (SSSR count). The standard InChI is InChI=1S/C48H53ClF3N11O5S/c1-29-33-27-57-44(43-54-13-7-14-55-43)58-36(33)11-17-63(29)31-25-35(51)41(52)39(26-31)68-22-6-4-3-5-12-53-37(47(64)65)10-16-61-18-20-62(21-19-61)28-38-40(48(66)67-2)42(32-9-8-30(50)24-34(32)49)60-45(59-38)46-56-15-23-69-46/h7-9,13-15,23-27,29,37,42,53H,3-6,10-12,16-22,28H2,1-2H3,(H,59,60)(H,64,65)/t29?,37?,42-/m0/s1. The highest BCUT2D eigenvalue weighted by molar-refractivity contribution is 7.11. The van der Waals surface area contributed by atoms with Gasteiger partial charge in [-0.25, -0.2) is 38.5 Å². The highest BCUT2D eigenvalue weighted by atomic mass is 35.5. The van der Waals surface area contributed by atoms with Crippen LogP contribution in [0.5, 0.6) is 5.75 Å². The monoisotopic (exact) mass is 987 g/mol. The molecule has 364 valence electrons. The smallest absolute Gasteiger partial charge is 0.338 e. The minimum atomic E-state index is -1.03. The average molecular weight is 989 g/mol. The van der Waals surface area contributed by atoms with Crippen molar-refractivity contribution in [3.8, 4) is 17.4 Å². The van der Waals surface area contributed by atoms with Crippen molar-refractivity contribution >= 4 is 46.4 Å². The van der Waals surface area contributed by atoms with Crippen molar-refractivity contribution < 1.29 is 37.3 Å². The first-order valence-electron chi connectivity index (χ1n) is 22.9. The molecular formula is C48H53ClF3N11O5S. The number of aliphatic carboxylic acids is 1. The number of nitrogens with zero attached hydrogens (tertiary/aromatic N) is 9. The number of piperazine rings is 1. The van der Waals surface area contributed by atoms with Crippen molar-refractivity contribution in [3.63, 3.8) is 0 Å². The van der Waals surface area contributed by atoms with Crippen LogP contribution < -0.4 is 20.3 Å². The van der Waals surface area contributed by atoms with Gasteiger partial charge < -0.3 is 35.0 Å². The number of nitrogens with one attached hydrogen (secondary N) is 2. The number of fused-ring (bicyclic) bond motifs is 1. The number of rotatable bonds is 20. The normalized spacial score (nSPS) is 18.1. The number of carboxylic acids is 1. The number of ether oxygens (including phenoxy) is 2. The minimum Gasteiger partial charge on any atom is -0.490 e. The molecule has 0 saturated carbocycles. The van der Waals surface area contributed by atoms with Gasteiger partial charge in [0.15, 0.2) is 34.1 Å². The van der Waals surface area contributed by atoms with Crippen molar-refractivity contribution in [3.05, 3.63) is 122 Å². The Morgan fingerprint density at radius 2 is 1.74 bits per heavy atom. The van der Waals surface area contributed by atoms with E-state index >= 15 is 0 Å². The number of esters is 1. The molecule has 2 aromatic carbocycles. The number of unbranched alkanes of at least 4 members (excludes halogenated alkanes) is 3. The molecule has 0 radical (unpaired) electrons. The summed E-state index contributed by atoms with van der Waals surface area (Å²) in [6.07, 6.45) is 10.6. The zero-order valence-electron chi connectivity index (χ0n) is 38.2. The summed E-state index contributed by atoms with van der Waals surface area (Å²) < 4.78 is 54.9. The zero-order valence-corrected chi connectivity index (χ0v) is 39.8. The van der Waals surface area contributed by atoms with E-state index in [0.717, 1.165) is 30.5 Å². The number of hydrogen-bond donors (Lipinski definition) is 3. The number of amidine groups is 1. The van der Waals surface area contributed by atoms with E-state index in [0.29, 0.717) is 111 Å². The number of methoxy groups -OCH3 is 1. The lowest BCUT2D eigenvalue weighted by Crippen LogP contribution is -2.50. The highest BCUT2D eigenvalue weighted by Crippen LogP contribution is 2.38. The summed E-state index contributed by atoms with van der Waals surface area (Å²) in [7, 11) is 1.30. The largest absolute Gasteiger partial charge is 0.490 e. The summed E-state index contributed by atoms with van der Waals surface area (Å²) >= 11 is 7.89. The number of carbonyl (C=O) groups excluding carboxylic acids is 1. The summed E-state index contributed by atoms with van der Waals surface area (Å²) in [6, 6.07) is 6.66. The van der Waals surface area contributed by atoms with Crippen LogP contribution in [-0.4, -0.2) is 130 Å². The summed E-state index contributed by atoms with van der Waals surface area (Å²) in [5.74, 6) is -2.84. The Hall–Kier alpha value is -6.06. The van der Waals surface area contributed by atoms with Crippen LogP contribution in [-0.2, 0) is 20.7 Å². The van der Waals surface area contributed by atoms with Gasteiger partial charge in [0, 0.05) is 122 Å². The van der Waals surface area contributed by atoms with Gasteiger partial charge in [-0.15, -0.1) is 11.3 Å². The SMILES string of the molecule is COC(=O)C1=C(CN2CCN(CCC(NCCCCCCOc3cc(N4CCc5nc(-c6ncccn6)ncc5C4C)cc(F)c3F)C(=O)O)CC2)NC(c2nccs2)=N[C@H]1c1ccc(F)cc1Cl. The van der Waals surface area contributed by atoms with E-state index in [9.17, 15) is 27.9 Å². The molecule has 5 aromatic rings. The summed E-state index contributed by atoms with van der Waals surface area (Å²) in [6.45, 7) is 6.84. The molecule has 3 N–H and O–H groups in total. The quantitative estimate of drug-likeness (QED) is 0.0547. The molecule has 1 saturated heterocycles. The Bertz CT molecular complexity index is 2660. The maximum Gasteiger partial charge on any atom is 0.338 e. The molecule has 21 heteroatoms. The fraction of sp³-hybridized carbons (Fsp3) is 0.417. The Morgan fingerprint density at radius 1 is 0.957 bits per heavy atom. The van der Waals surface area contributed by atoms with Crippen LogP contribution in [0, 0.1) is 17.5 Å². The van der Waals surface area contributed by atoms with Crippen molar-refractivity contribution in [2.75, 3.05) is 71.0 Å². The van der Waals surface area contributed by atoms with Crippen molar-refractivity contribution in [2.45, 2.75) is 63.6 Å². The van der Waals surface area contributed by atoms with Gasteiger partial charge in [0.25, 0.3) is 0 Å². The van der Waals surface area contributed by atoms with Crippen molar-refractivity contribution in [1.82, 2.24) is 45.4 Å². The maximum absolute atomic E-state index is 14.9. The Kier molecular flexibility index (Phi) is 16.5. The average Bonchev–Trinajstić information content (AvgIpc) is 3.90. The molecule has 1 fully saturated rings. The first-order valence-corrected chi connectivity index (χ1v) is 24.2. The predicted molar refractivity (Wildman–Crippen MR) is 255 cm³/mol. The van der Waals surface area contributed by atoms with Gasteiger partial charge in [0.05, 0.1) is 31.0 Å². The van der Waals surface area contributed by atoms with Gasteiger partial charge in [-0.1, -0.05) is 30.5 Å². The van der Waals surface area contributed by atoms with E-state index in [1.807, 2.05) is 17.2 Å². The molecule has 0 amide bonds. The van der Waals surface area contributed by atoms with Crippen LogP contribution >= 0.6 is 22.9 Å². The molecule has 0 spiro atoms. The van der Waals surface area contributed by atoms with Gasteiger partial charge in [0.1, 0.15) is 17.9 Å². The van der Waals surface area contributed by atoms with Crippen molar-refractivity contribution in [1.29, 1.82) is 0 Å². The Balaban J connectivity index is 0.765. The van der Waals surface area contributed by atoms with Crippen molar-refractivity contribution in [2.24, 2.45) is 4.99 Å². The molecule has 69 heavy (non-hydrogen) atoms. The lowest BCUT2D eigenvalue weighted by molar-refractivity contribution is -0.140. The summed E-state index contributed by atoms with van der Waals surface area (Å²) in [4.78, 5) is 58.8. The molecule has 3 aliphatic rings. The number of hydrogen-bond acceptors (Lipinski definition) is 16. The molecular weight excluding hydrogens is 935 g/mol. The number of thiazole rings is 1. The topological polar surface area (TPSA) is 183 Å². The third kappa shape index (κ3) is 12.0. The van der Waals surface area contributed by atoms with Gasteiger partial charge in [-0.2, -0.15) is 4.39 Å². The molecule has 6 heterocycles. The van der Waals surface area contributed by atoms with E-state index in [1.54, 1.807) is 30.9 Å². The van der Waals surface area contributed by atoms with Gasteiger partial charge in [0.2, 0.25) is 5.82 Å². The summed E-state index contributed by atoms with van der Waals surface area (Å²) in [5, 5.41) is 19.1. The second kappa shape index (κ2) is 23.0. The molecule has 16 nitrogen and oxygen atoms in total. The number of halogens is 4. The number of carbonyl (C=O) groups is 2.